The van der Waals surface area contributed by atoms with Crippen LogP contribution in [-0.2, 0) is 4.79 Å². The standard InChI is InChI=1S/C28H49N5O/c1-4-5-6-7-8-9-10-11-12-13-14-15-16-17-21-24-26(34)33(25-22-19-18-20-23-25)28(30)31-27(29)32(2)3/h18-20,22-23H,4-17,21,24H2,1-3H3,(H3,29,30,31). The van der Waals surface area contributed by atoms with E-state index < -0.39 is 0 Å². The summed E-state index contributed by atoms with van der Waals surface area (Å²) in [7, 11) is 3.45. The topological polar surface area (TPSA) is 85.8 Å². The van der Waals surface area contributed by atoms with Gasteiger partial charge < -0.3 is 10.6 Å². The van der Waals surface area contributed by atoms with Crippen LogP contribution in [0.1, 0.15) is 110 Å². The normalized spacial score (nSPS) is 11.4. The second kappa shape index (κ2) is 19.0. The monoisotopic (exact) mass is 471 g/mol. The number of carbonyl (C=O) groups is 1. The minimum Gasteiger partial charge on any atom is -0.369 e. The number of nitrogens with one attached hydrogen (secondary N) is 1. The molecule has 0 fully saturated rings. The second-order valence-corrected chi connectivity index (χ2v) is 9.45. The smallest absolute Gasteiger partial charge is 0.233 e. The Morgan fingerprint density at radius 1 is 0.794 bits per heavy atom. The number of guanidine groups is 2. The van der Waals surface area contributed by atoms with Gasteiger partial charge in [0.1, 0.15) is 0 Å². The zero-order valence-corrected chi connectivity index (χ0v) is 22.0. The van der Waals surface area contributed by atoms with E-state index in [0.29, 0.717) is 12.1 Å². The molecule has 0 spiro atoms. The summed E-state index contributed by atoms with van der Waals surface area (Å²) in [5.41, 5.74) is 6.81. The highest BCUT2D eigenvalue weighted by atomic mass is 16.2. The number of anilines is 1. The number of para-hydroxylation sites is 1. The molecule has 0 aliphatic heterocycles. The second-order valence-electron chi connectivity index (χ2n) is 9.45. The summed E-state index contributed by atoms with van der Waals surface area (Å²) in [6.45, 7) is 2.27. The summed E-state index contributed by atoms with van der Waals surface area (Å²) in [6.07, 6.45) is 19.9. The predicted molar refractivity (Wildman–Crippen MR) is 147 cm³/mol. The molecule has 1 rings (SSSR count). The predicted octanol–water partition coefficient (Wildman–Crippen LogP) is 7.09. The van der Waals surface area contributed by atoms with Crippen LogP contribution in [-0.4, -0.2) is 36.8 Å². The Morgan fingerprint density at radius 2 is 1.24 bits per heavy atom. The van der Waals surface area contributed by atoms with E-state index >= 15 is 0 Å². The average molecular weight is 472 g/mol. The summed E-state index contributed by atoms with van der Waals surface area (Å²) in [5.74, 6) is -0.0252. The van der Waals surface area contributed by atoms with Crippen molar-refractivity contribution in [2.75, 3.05) is 19.0 Å². The molecule has 6 heteroatoms. The van der Waals surface area contributed by atoms with Gasteiger partial charge in [-0.2, -0.15) is 4.99 Å². The maximum atomic E-state index is 13.0. The molecule has 1 aromatic carbocycles. The van der Waals surface area contributed by atoms with Gasteiger partial charge >= 0.3 is 0 Å². The molecule has 0 aromatic heterocycles. The molecular formula is C28H49N5O. The van der Waals surface area contributed by atoms with Crippen LogP contribution in [0.4, 0.5) is 5.69 Å². The van der Waals surface area contributed by atoms with Gasteiger partial charge in [-0.25, -0.2) is 0 Å². The fraction of sp³-hybridized carbons (Fsp3) is 0.679. The number of aliphatic imine (C=N–C) groups is 1. The van der Waals surface area contributed by atoms with Crippen LogP contribution in [0.25, 0.3) is 0 Å². The van der Waals surface area contributed by atoms with Crippen LogP contribution in [0.2, 0.25) is 0 Å². The Bertz CT molecular complexity index is 702. The summed E-state index contributed by atoms with van der Waals surface area (Å²) in [6, 6.07) is 9.32. The molecule has 0 atom stereocenters. The quantitative estimate of drug-likeness (QED) is 0.144. The molecule has 0 unspecified atom stereocenters. The molecule has 0 aliphatic carbocycles. The number of rotatable bonds is 17. The van der Waals surface area contributed by atoms with Crippen molar-refractivity contribution in [3.8, 4) is 0 Å². The molecule has 0 saturated heterocycles. The molecule has 0 radical (unpaired) electrons. The van der Waals surface area contributed by atoms with Crippen molar-refractivity contribution >= 4 is 23.5 Å². The SMILES string of the molecule is CCCCCCCCCCCCCCCCCC(=O)N(C(N)=NC(=N)N(C)C)c1ccccc1. The van der Waals surface area contributed by atoms with Crippen molar-refractivity contribution in [3.63, 3.8) is 0 Å². The highest BCUT2D eigenvalue weighted by Crippen LogP contribution is 2.17. The molecule has 0 heterocycles. The Balaban J connectivity index is 2.24. The highest BCUT2D eigenvalue weighted by molar-refractivity contribution is 6.17. The van der Waals surface area contributed by atoms with Crippen molar-refractivity contribution in [3.05, 3.63) is 30.3 Å². The molecule has 34 heavy (non-hydrogen) atoms. The van der Waals surface area contributed by atoms with E-state index in [-0.39, 0.29) is 17.8 Å². The Labute approximate surface area is 208 Å². The molecule has 1 aromatic rings. The summed E-state index contributed by atoms with van der Waals surface area (Å²) in [5, 5.41) is 7.92. The number of unbranched alkanes of at least 4 members (excludes halogenated alkanes) is 14. The van der Waals surface area contributed by atoms with E-state index in [1.165, 1.54) is 88.4 Å². The number of amides is 1. The molecule has 3 N–H and O–H groups in total. The van der Waals surface area contributed by atoms with Gasteiger partial charge in [0.25, 0.3) is 0 Å². The lowest BCUT2D eigenvalue weighted by Crippen LogP contribution is -2.43. The van der Waals surface area contributed by atoms with E-state index in [9.17, 15) is 4.79 Å². The molecule has 6 nitrogen and oxygen atoms in total. The zero-order chi connectivity index (χ0) is 25.0. The lowest BCUT2D eigenvalue weighted by molar-refractivity contribution is -0.117. The van der Waals surface area contributed by atoms with Crippen LogP contribution in [0.3, 0.4) is 0 Å². The maximum absolute atomic E-state index is 13.0. The van der Waals surface area contributed by atoms with Gasteiger partial charge in [0.15, 0.2) is 0 Å². The lowest BCUT2D eigenvalue weighted by atomic mass is 10.0. The molecule has 1 amide bonds. The highest BCUT2D eigenvalue weighted by Gasteiger charge is 2.19. The van der Waals surface area contributed by atoms with E-state index in [1.807, 2.05) is 30.3 Å². The van der Waals surface area contributed by atoms with Crippen molar-refractivity contribution in [1.82, 2.24) is 4.90 Å². The molecule has 0 aliphatic rings. The van der Waals surface area contributed by atoms with Crippen LogP contribution < -0.4 is 10.6 Å². The number of nitrogens with two attached hydrogens (primary N) is 1. The molecular weight excluding hydrogens is 422 g/mol. The van der Waals surface area contributed by atoms with Crippen LogP contribution in [0.15, 0.2) is 35.3 Å². The van der Waals surface area contributed by atoms with Gasteiger partial charge in [-0.1, -0.05) is 115 Å². The third-order valence-corrected chi connectivity index (χ3v) is 6.13. The number of benzene rings is 1. The average Bonchev–Trinajstić information content (AvgIpc) is 2.82. The van der Waals surface area contributed by atoms with Gasteiger partial charge in [-0.05, 0) is 18.6 Å². The third-order valence-electron chi connectivity index (χ3n) is 6.13. The summed E-state index contributed by atoms with van der Waals surface area (Å²) in [4.78, 5) is 20.0. The van der Waals surface area contributed by atoms with Gasteiger partial charge in [0.2, 0.25) is 17.8 Å². The zero-order valence-electron chi connectivity index (χ0n) is 22.0. The number of nitrogens with zero attached hydrogens (tertiary/aromatic N) is 3. The summed E-state index contributed by atoms with van der Waals surface area (Å²) < 4.78 is 0. The number of hydrogen-bond donors (Lipinski definition) is 2. The molecule has 0 bridgehead atoms. The molecule has 192 valence electrons. The first kappa shape index (κ1) is 29.7. The minimum absolute atomic E-state index is 0.0122. The largest absolute Gasteiger partial charge is 0.369 e. The first-order valence-corrected chi connectivity index (χ1v) is 13.5. The van der Waals surface area contributed by atoms with Gasteiger partial charge in [-0.3, -0.25) is 15.1 Å². The van der Waals surface area contributed by atoms with Crippen molar-refractivity contribution in [2.24, 2.45) is 10.7 Å². The van der Waals surface area contributed by atoms with Crippen molar-refractivity contribution in [1.29, 1.82) is 5.41 Å². The van der Waals surface area contributed by atoms with Crippen molar-refractivity contribution in [2.45, 2.75) is 110 Å². The summed E-state index contributed by atoms with van der Waals surface area (Å²) >= 11 is 0. The minimum atomic E-state index is -0.0753. The lowest BCUT2D eigenvalue weighted by Gasteiger charge is -2.22. The number of hydrogen-bond acceptors (Lipinski definition) is 2. The Morgan fingerprint density at radius 3 is 1.68 bits per heavy atom. The number of carbonyl (C=O) groups excluding carboxylic acids is 1. The fourth-order valence-electron chi connectivity index (χ4n) is 4.00. The first-order chi connectivity index (χ1) is 16.5. The van der Waals surface area contributed by atoms with Crippen molar-refractivity contribution < 1.29 is 4.79 Å². The Hall–Kier alpha value is -2.37. The van der Waals surface area contributed by atoms with Gasteiger partial charge in [0.05, 0.1) is 5.69 Å². The maximum Gasteiger partial charge on any atom is 0.233 e. The van der Waals surface area contributed by atoms with E-state index in [0.717, 1.165) is 12.8 Å². The van der Waals surface area contributed by atoms with Crippen LogP contribution >= 0.6 is 0 Å². The van der Waals surface area contributed by atoms with Crippen LogP contribution in [0, 0.1) is 5.41 Å². The molecule has 0 saturated carbocycles. The van der Waals surface area contributed by atoms with Gasteiger partial charge in [0, 0.05) is 20.5 Å². The van der Waals surface area contributed by atoms with Crippen LogP contribution in [0.5, 0.6) is 0 Å². The van der Waals surface area contributed by atoms with E-state index in [1.54, 1.807) is 19.0 Å². The van der Waals surface area contributed by atoms with Gasteiger partial charge in [-0.15, -0.1) is 0 Å². The van der Waals surface area contributed by atoms with E-state index in [2.05, 4.69) is 11.9 Å². The fourth-order valence-corrected chi connectivity index (χ4v) is 4.00. The Kier molecular flexibility index (Phi) is 16.6. The first-order valence-electron chi connectivity index (χ1n) is 13.5. The van der Waals surface area contributed by atoms with E-state index in [4.69, 9.17) is 11.1 Å². The third kappa shape index (κ3) is 13.4.